The second kappa shape index (κ2) is 49.6. The van der Waals surface area contributed by atoms with Crippen molar-refractivity contribution in [3.05, 3.63) is 120 Å². The van der Waals surface area contributed by atoms with Gasteiger partial charge in [0.25, 0.3) is 0 Å². The maximum atomic E-state index is 15.2. The van der Waals surface area contributed by atoms with E-state index in [1.54, 1.807) is 94.7 Å². The number of benzene rings is 4. The number of aromatic nitrogens is 2. The van der Waals surface area contributed by atoms with Crippen LogP contribution < -0.4 is 97.4 Å². The summed E-state index contributed by atoms with van der Waals surface area (Å²) in [6.07, 6.45) is 3.28. The number of guanidine groups is 1. The number of rotatable bonds is 28. The molecule has 0 bridgehead atoms. The molecule has 14 amide bonds. The zero-order valence-electron chi connectivity index (χ0n) is 69.9. The summed E-state index contributed by atoms with van der Waals surface area (Å²) in [5.74, 6) is -17.7. The summed E-state index contributed by atoms with van der Waals surface area (Å²) in [5.41, 5.74) is 26.1. The molecule has 0 spiro atoms. The number of carbonyl (C=O) groups excluding carboxylic acids is 14. The van der Waals surface area contributed by atoms with E-state index >= 15 is 19.2 Å². The summed E-state index contributed by atoms with van der Waals surface area (Å²) in [6.45, 7) is 6.77. The van der Waals surface area contributed by atoms with E-state index in [-0.39, 0.29) is 89.6 Å². The Balaban J connectivity index is 1.28. The number of hydrogen-bond acceptors (Lipinski definition) is 20. The number of unbranched alkanes of at least 4 members (excludes halogenated alkanes) is 3. The Morgan fingerprint density at radius 3 is 1.45 bits per heavy atom. The van der Waals surface area contributed by atoms with E-state index in [2.05, 4.69) is 84.4 Å². The van der Waals surface area contributed by atoms with Crippen molar-refractivity contribution in [1.29, 1.82) is 5.41 Å². The number of H-pyrrole nitrogens is 2. The largest absolute Gasteiger partial charge is 0.481 e. The van der Waals surface area contributed by atoms with Gasteiger partial charge < -0.3 is 118 Å². The Labute approximate surface area is 716 Å². The minimum absolute atomic E-state index is 0.00864. The summed E-state index contributed by atoms with van der Waals surface area (Å²) in [6, 6.07) is 8.11. The van der Waals surface area contributed by atoms with Crippen molar-refractivity contribution in [2.24, 2.45) is 34.8 Å². The highest BCUT2D eigenvalue weighted by atomic mass is 32.2. The average molecular weight is 1730 g/mol. The topological polar surface area (TPSA) is 624 Å². The van der Waals surface area contributed by atoms with Crippen LogP contribution in [0.15, 0.2) is 103 Å². The Morgan fingerprint density at radius 1 is 0.488 bits per heavy atom. The maximum Gasteiger partial charge on any atom is 0.305 e. The highest BCUT2D eigenvalue weighted by Crippen LogP contribution is 2.24. The van der Waals surface area contributed by atoms with Crippen LogP contribution in [-0.2, 0) is 91.2 Å². The fourth-order valence-corrected chi connectivity index (χ4v) is 14.9. The van der Waals surface area contributed by atoms with E-state index in [9.17, 15) is 63.0 Å². The SMILES string of the molecule is CCCC[C@@H]1NC(=O)[C@H](Cc2c[nH]c3ccccc23)NC(=O)[C@H](CC(=O)O)NC(=O)[C@H](CCCCN)NC(=O)CNC(=O)[C@H](CO)NC(=O)[C@H]([C@@H](C)CC)NC(=O)[C@H](Cc2ccc3ccccc3c2)NC(=O)[C@H](CCCCN)NC(=O)CSC[C@@H](C(N)=O)NC(=O)[C@H](C(C)C)NC(=O)[C@H](Cc2c[nH]c3ccccc23)NC(=O)[C@H](CCCNC(=N)N)NC1=O. The molecule has 3 heterocycles. The van der Waals surface area contributed by atoms with Crippen LogP contribution in [0.5, 0.6) is 0 Å². The maximum absolute atomic E-state index is 15.2. The first-order chi connectivity index (χ1) is 58.8. The lowest BCUT2D eigenvalue weighted by atomic mass is 9.96. The summed E-state index contributed by atoms with van der Waals surface area (Å²) in [4.78, 5) is 223. The number of aliphatic hydroxyl groups excluding tert-OH is 1. The van der Waals surface area contributed by atoms with Crippen LogP contribution in [0.4, 0.5) is 0 Å². The molecule has 4 aromatic carbocycles. The molecule has 668 valence electrons. The molecule has 0 aliphatic carbocycles. The van der Waals surface area contributed by atoms with E-state index < -0.39 is 204 Å². The van der Waals surface area contributed by atoms with Gasteiger partial charge in [-0.2, -0.15) is 0 Å². The molecule has 1 aliphatic rings. The van der Waals surface area contributed by atoms with Crippen molar-refractivity contribution < 1.29 is 82.1 Å². The quantitative estimate of drug-likeness (QED) is 0.0157. The smallest absolute Gasteiger partial charge is 0.305 e. The minimum atomic E-state index is -1.98. The molecule has 39 heteroatoms. The number of fused-ring (bicyclic) bond motifs is 3. The highest BCUT2D eigenvalue weighted by molar-refractivity contribution is 8.00. The molecule has 1 saturated heterocycles. The van der Waals surface area contributed by atoms with Crippen molar-refractivity contribution >= 4 is 139 Å². The molecule has 1 aliphatic heterocycles. The van der Waals surface area contributed by atoms with Gasteiger partial charge in [-0.3, -0.25) is 77.3 Å². The fraction of sp³-hybridized carbons (Fsp3) is 0.500. The lowest BCUT2D eigenvalue weighted by molar-refractivity contribution is -0.141. The van der Waals surface area contributed by atoms with E-state index in [4.69, 9.17) is 28.3 Å². The number of aliphatic hydroxyl groups is 1. The Bertz CT molecular complexity index is 4670. The Kier molecular flexibility index (Phi) is 39.5. The number of aromatic amines is 2. The first kappa shape index (κ1) is 97.9. The number of nitrogens with two attached hydrogens (primary N) is 4. The standard InChI is InChI=1S/C84H119N21O17S/c1-6-8-24-59-76(115)96-60(29-19-34-90-84(88)89)77(116)99-63(38-52-41-92-56-26-14-12-23-54(52)56)81(120)104-70(46(3)4)82(121)103-66(72(87)111)44-123-45-68(108)95-58(28-16-18-33-86)75(114)98-61(36-48-30-31-49-20-9-10-21-50(49)35-48)80(119)105-71(47(5)7-2)83(122)102-65(43-106)73(112)93-42-67(107)94-57(27-15-17-32-85)74(113)101-64(39-69(109)110)79(118)100-62(78(117)97-59)37-51-40-91-55-25-13-11-22-53(51)55/h9-14,20-23,25-26,30-31,35,40-41,46-47,57-66,70-71,91-92,106H,6-8,15-19,24,27-29,32-34,36-39,42-45,85-86H2,1-5H3,(H2,87,111)(H,93,112)(H,94,107)(H,95,108)(H,96,115)(H,97,117)(H,98,114)(H,99,116)(H,100,118)(H,101,113)(H,102,122)(H,103,121)(H,104,120)(H,105,119)(H,109,110)(H4,88,89,90)/t47-,57-,58-,59-,60-,61-,62-,63-,64-,65-,66-,70-,71-/m0/s1. The number of hydrogen-bond donors (Lipinski definition) is 23. The fourth-order valence-electron chi connectivity index (χ4n) is 14.0. The van der Waals surface area contributed by atoms with Crippen molar-refractivity contribution in [2.75, 3.05) is 44.3 Å². The molecule has 0 unspecified atom stereocenters. The van der Waals surface area contributed by atoms with Crippen molar-refractivity contribution in [1.82, 2.24) is 84.4 Å². The number of primary amides is 1. The number of nitrogens with one attached hydrogen (secondary N) is 17. The van der Waals surface area contributed by atoms with Crippen LogP contribution in [0.1, 0.15) is 135 Å². The lowest BCUT2D eigenvalue weighted by Crippen LogP contribution is -2.61. The van der Waals surface area contributed by atoms with E-state index in [0.717, 1.165) is 22.5 Å². The van der Waals surface area contributed by atoms with Crippen LogP contribution in [0.25, 0.3) is 32.6 Å². The molecule has 27 N–H and O–H groups in total. The molecule has 0 saturated carbocycles. The van der Waals surface area contributed by atoms with Gasteiger partial charge in [-0.15, -0.1) is 11.8 Å². The normalized spacial score (nSPS) is 23.0. The van der Waals surface area contributed by atoms with Crippen LogP contribution >= 0.6 is 11.8 Å². The monoisotopic (exact) mass is 1730 g/mol. The molecule has 7 rings (SSSR count). The van der Waals surface area contributed by atoms with Crippen LogP contribution in [0.3, 0.4) is 0 Å². The predicted octanol–water partition coefficient (Wildman–Crippen LogP) is -1.12. The van der Waals surface area contributed by atoms with Gasteiger partial charge in [0.05, 0.1) is 25.3 Å². The zero-order chi connectivity index (χ0) is 89.8. The second-order valence-corrected chi connectivity index (χ2v) is 32.0. The summed E-state index contributed by atoms with van der Waals surface area (Å²) in [5, 5.41) is 68.4. The summed E-state index contributed by atoms with van der Waals surface area (Å²) >= 11 is 0.856. The number of carboxylic acids is 1. The molecule has 123 heavy (non-hydrogen) atoms. The number of aliphatic carboxylic acids is 1. The number of carbonyl (C=O) groups is 15. The molecule has 38 nitrogen and oxygen atoms in total. The van der Waals surface area contributed by atoms with Crippen LogP contribution in [0.2, 0.25) is 0 Å². The first-order valence-electron chi connectivity index (χ1n) is 41.5. The first-order valence-corrected chi connectivity index (χ1v) is 42.7. The van der Waals surface area contributed by atoms with Gasteiger partial charge in [0.2, 0.25) is 82.7 Å². The van der Waals surface area contributed by atoms with Gasteiger partial charge in [0.15, 0.2) is 5.96 Å². The molecular weight excluding hydrogens is 1610 g/mol. The van der Waals surface area contributed by atoms with Gasteiger partial charge in [0.1, 0.15) is 72.5 Å². The van der Waals surface area contributed by atoms with Gasteiger partial charge in [-0.1, -0.05) is 133 Å². The summed E-state index contributed by atoms with van der Waals surface area (Å²) in [7, 11) is 0. The van der Waals surface area contributed by atoms with Gasteiger partial charge in [-0.25, -0.2) is 0 Å². The zero-order valence-corrected chi connectivity index (χ0v) is 70.7. The van der Waals surface area contributed by atoms with Gasteiger partial charge >= 0.3 is 5.97 Å². The number of amides is 14. The van der Waals surface area contributed by atoms with E-state index in [1.165, 1.54) is 0 Å². The van der Waals surface area contributed by atoms with E-state index in [0.29, 0.717) is 70.6 Å². The van der Waals surface area contributed by atoms with Crippen molar-refractivity contribution in [3.8, 4) is 0 Å². The number of para-hydroxylation sites is 2. The summed E-state index contributed by atoms with van der Waals surface area (Å²) < 4.78 is 0. The van der Waals surface area contributed by atoms with Crippen LogP contribution in [-0.4, -0.2) is 232 Å². The second-order valence-electron chi connectivity index (χ2n) is 31.0. The molecular formula is C84H119N21O17S. The molecule has 6 aromatic rings. The van der Waals surface area contributed by atoms with E-state index in [1.807, 2.05) is 43.3 Å². The third-order valence-corrected chi connectivity index (χ3v) is 22.1. The van der Waals surface area contributed by atoms with Crippen molar-refractivity contribution in [2.45, 2.75) is 210 Å². The Morgan fingerprint density at radius 2 is 0.935 bits per heavy atom. The molecule has 0 radical (unpaired) electrons. The number of carboxylic acid groups (broad SMARTS) is 1. The Hall–Kier alpha value is -12.2. The molecule has 1 fully saturated rings. The third-order valence-electron chi connectivity index (χ3n) is 21.1. The van der Waals surface area contributed by atoms with Gasteiger partial charge in [0, 0.05) is 65.8 Å². The lowest BCUT2D eigenvalue weighted by Gasteiger charge is -2.29. The van der Waals surface area contributed by atoms with Gasteiger partial charge in [-0.05, 0) is 122 Å². The molecule has 2 aromatic heterocycles. The average Bonchev–Trinajstić information content (AvgIpc) is 1.68. The predicted molar refractivity (Wildman–Crippen MR) is 462 cm³/mol. The third kappa shape index (κ3) is 30.7. The van der Waals surface area contributed by atoms with Crippen molar-refractivity contribution in [3.63, 3.8) is 0 Å². The molecule has 13 atom stereocenters. The number of thioether (sulfide) groups is 1. The highest BCUT2D eigenvalue weighted by Gasteiger charge is 2.39. The van der Waals surface area contributed by atoms with Crippen LogP contribution in [0, 0.1) is 17.2 Å². The minimum Gasteiger partial charge on any atom is -0.481 e.